The van der Waals surface area contributed by atoms with Crippen molar-refractivity contribution in [3.05, 3.63) is 81.6 Å². The first kappa shape index (κ1) is 21.6. The Balaban J connectivity index is 1.40. The van der Waals surface area contributed by atoms with Gasteiger partial charge in [-0.25, -0.2) is 9.37 Å². The number of anilines is 2. The Morgan fingerprint density at radius 3 is 2.70 bits per heavy atom. The standard InChI is InChI=1S/C24H19Cl2FN4O2/c1-31-20-11-18(27)15(23(32)28-14-9-13-5-2-3-8-21(13)33-12-14)10-19(20)29-24(31)30-22-16(25)6-4-7-17(22)26/h2-8,10-11,14H,9,12H2,1H3,(H,28,32)(H,29,30). The van der Waals surface area contributed by atoms with Gasteiger partial charge in [0.05, 0.1) is 38.4 Å². The second-order valence-corrected chi connectivity index (χ2v) is 8.64. The number of nitrogens with one attached hydrogen (secondary N) is 2. The number of benzene rings is 3. The highest BCUT2D eigenvalue weighted by Crippen LogP contribution is 2.33. The number of para-hydroxylation sites is 2. The highest BCUT2D eigenvalue weighted by atomic mass is 35.5. The van der Waals surface area contributed by atoms with E-state index in [1.165, 1.54) is 12.1 Å². The third kappa shape index (κ3) is 4.10. The minimum Gasteiger partial charge on any atom is -0.491 e. The Labute approximate surface area is 199 Å². The Morgan fingerprint density at radius 2 is 1.91 bits per heavy atom. The Kier molecular flexibility index (Phi) is 5.60. The van der Waals surface area contributed by atoms with Crippen molar-refractivity contribution in [2.24, 2.45) is 7.05 Å². The summed E-state index contributed by atoms with van der Waals surface area (Å²) in [6.07, 6.45) is 0.613. The van der Waals surface area contributed by atoms with Crippen LogP contribution in [0.4, 0.5) is 16.0 Å². The number of fused-ring (bicyclic) bond motifs is 2. The molecule has 3 aromatic carbocycles. The minimum absolute atomic E-state index is 0.0817. The van der Waals surface area contributed by atoms with Crippen molar-refractivity contribution < 1.29 is 13.9 Å². The zero-order valence-electron chi connectivity index (χ0n) is 17.5. The smallest absolute Gasteiger partial charge is 0.254 e. The molecule has 2 heterocycles. The molecule has 1 atom stereocenters. The van der Waals surface area contributed by atoms with Crippen molar-refractivity contribution in [1.29, 1.82) is 0 Å². The second-order valence-electron chi connectivity index (χ2n) is 7.83. The number of carbonyl (C=O) groups is 1. The lowest BCUT2D eigenvalue weighted by Crippen LogP contribution is -2.43. The number of hydrogen-bond donors (Lipinski definition) is 2. The van der Waals surface area contributed by atoms with Gasteiger partial charge in [-0.2, -0.15) is 0 Å². The summed E-state index contributed by atoms with van der Waals surface area (Å²) in [5, 5.41) is 6.81. The summed E-state index contributed by atoms with van der Waals surface area (Å²) < 4.78 is 22.3. The van der Waals surface area contributed by atoms with Gasteiger partial charge in [-0.15, -0.1) is 0 Å². The number of aryl methyl sites for hydroxylation is 1. The van der Waals surface area contributed by atoms with E-state index in [4.69, 9.17) is 27.9 Å². The van der Waals surface area contributed by atoms with Crippen LogP contribution in [-0.2, 0) is 13.5 Å². The monoisotopic (exact) mass is 484 g/mol. The van der Waals surface area contributed by atoms with Crippen LogP contribution in [0.3, 0.4) is 0 Å². The zero-order chi connectivity index (χ0) is 23.1. The van der Waals surface area contributed by atoms with E-state index in [0.29, 0.717) is 45.7 Å². The van der Waals surface area contributed by atoms with Crippen LogP contribution < -0.4 is 15.4 Å². The molecule has 9 heteroatoms. The molecule has 6 nitrogen and oxygen atoms in total. The van der Waals surface area contributed by atoms with Crippen molar-refractivity contribution >= 4 is 51.8 Å². The number of amides is 1. The lowest BCUT2D eigenvalue weighted by Gasteiger charge is -2.26. The van der Waals surface area contributed by atoms with E-state index >= 15 is 0 Å². The van der Waals surface area contributed by atoms with Gasteiger partial charge in [-0.3, -0.25) is 4.79 Å². The van der Waals surface area contributed by atoms with Crippen molar-refractivity contribution in [1.82, 2.24) is 14.9 Å². The fourth-order valence-corrected chi connectivity index (χ4v) is 4.40. The number of nitrogens with zero attached hydrogens (tertiary/aromatic N) is 2. The number of rotatable bonds is 4. The summed E-state index contributed by atoms with van der Waals surface area (Å²) >= 11 is 12.5. The third-order valence-electron chi connectivity index (χ3n) is 5.63. The maximum atomic E-state index is 14.9. The average molecular weight is 485 g/mol. The molecule has 0 spiro atoms. The molecule has 5 rings (SSSR count). The lowest BCUT2D eigenvalue weighted by molar-refractivity contribution is 0.0911. The average Bonchev–Trinajstić information content (AvgIpc) is 3.10. The molecule has 0 saturated carbocycles. The highest BCUT2D eigenvalue weighted by Gasteiger charge is 2.24. The first-order valence-corrected chi connectivity index (χ1v) is 11.0. The highest BCUT2D eigenvalue weighted by molar-refractivity contribution is 6.39. The fourth-order valence-electron chi connectivity index (χ4n) is 3.91. The van der Waals surface area contributed by atoms with E-state index in [0.717, 1.165) is 11.3 Å². The van der Waals surface area contributed by atoms with Crippen LogP contribution in [0.25, 0.3) is 11.0 Å². The molecular formula is C24H19Cl2FN4O2. The number of hydrogen-bond acceptors (Lipinski definition) is 4. The van der Waals surface area contributed by atoms with E-state index in [2.05, 4.69) is 15.6 Å². The summed E-state index contributed by atoms with van der Waals surface area (Å²) in [4.78, 5) is 17.4. The number of carbonyl (C=O) groups excluding carboxylic acids is 1. The molecule has 2 N–H and O–H groups in total. The van der Waals surface area contributed by atoms with Gasteiger partial charge in [-0.05, 0) is 36.2 Å². The predicted octanol–water partition coefficient (Wildman–Crippen LogP) is 5.50. The summed E-state index contributed by atoms with van der Waals surface area (Å²) in [7, 11) is 1.73. The molecule has 1 amide bonds. The number of aromatic nitrogens is 2. The second kappa shape index (κ2) is 8.57. The minimum atomic E-state index is -0.637. The predicted molar refractivity (Wildman–Crippen MR) is 127 cm³/mol. The molecule has 0 fully saturated rings. The van der Waals surface area contributed by atoms with Crippen LogP contribution in [0.5, 0.6) is 5.75 Å². The zero-order valence-corrected chi connectivity index (χ0v) is 19.0. The normalized spacial score (nSPS) is 15.1. The van der Waals surface area contributed by atoms with Crippen molar-refractivity contribution in [3.8, 4) is 5.75 Å². The molecule has 0 saturated heterocycles. The van der Waals surface area contributed by atoms with E-state index in [1.807, 2.05) is 24.3 Å². The molecular weight excluding hydrogens is 466 g/mol. The summed E-state index contributed by atoms with van der Waals surface area (Å²) in [6, 6.07) is 15.3. The van der Waals surface area contributed by atoms with Gasteiger partial charge in [0, 0.05) is 13.1 Å². The molecule has 1 aliphatic rings. The topological polar surface area (TPSA) is 68.2 Å². The fraction of sp³-hybridized carbons (Fsp3) is 0.167. The molecule has 0 radical (unpaired) electrons. The summed E-state index contributed by atoms with van der Waals surface area (Å²) in [5.41, 5.74) is 2.39. The van der Waals surface area contributed by atoms with Crippen molar-refractivity contribution in [2.75, 3.05) is 11.9 Å². The first-order chi connectivity index (χ1) is 15.9. The van der Waals surface area contributed by atoms with Gasteiger partial charge in [0.2, 0.25) is 5.95 Å². The van der Waals surface area contributed by atoms with Gasteiger partial charge >= 0.3 is 0 Å². The van der Waals surface area contributed by atoms with Crippen molar-refractivity contribution in [3.63, 3.8) is 0 Å². The van der Waals surface area contributed by atoms with Crippen LogP contribution in [0.1, 0.15) is 15.9 Å². The van der Waals surface area contributed by atoms with Crippen LogP contribution in [0.15, 0.2) is 54.6 Å². The Hall–Kier alpha value is -3.29. The van der Waals surface area contributed by atoms with Gasteiger partial charge in [0.1, 0.15) is 18.2 Å². The molecule has 0 bridgehead atoms. The maximum Gasteiger partial charge on any atom is 0.254 e. The SMILES string of the molecule is Cn1c(Nc2c(Cl)cccc2Cl)nc2cc(C(=O)NC3COc4ccccc4C3)c(F)cc21. The van der Waals surface area contributed by atoms with Crippen LogP contribution in [0, 0.1) is 5.82 Å². The number of halogens is 3. The molecule has 33 heavy (non-hydrogen) atoms. The van der Waals surface area contributed by atoms with E-state index in [9.17, 15) is 9.18 Å². The van der Waals surface area contributed by atoms with Crippen LogP contribution in [-0.4, -0.2) is 28.1 Å². The molecule has 0 aliphatic carbocycles. The molecule has 1 unspecified atom stereocenters. The summed E-state index contributed by atoms with van der Waals surface area (Å²) in [5.74, 6) is 0.0659. The maximum absolute atomic E-state index is 14.9. The molecule has 1 aliphatic heterocycles. The number of imidazole rings is 1. The largest absolute Gasteiger partial charge is 0.491 e. The van der Waals surface area contributed by atoms with Gasteiger partial charge in [0.15, 0.2) is 0 Å². The third-order valence-corrected chi connectivity index (χ3v) is 6.26. The number of ether oxygens (including phenoxy) is 1. The first-order valence-electron chi connectivity index (χ1n) is 10.3. The van der Waals surface area contributed by atoms with Gasteiger partial charge < -0.3 is 19.9 Å². The van der Waals surface area contributed by atoms with E-state index in [1.54, 1.807) is 29.8 Å². The van der Waals surface area contributed by atoms with E-state index < -0.39 is 11.7 Å². The lowest BCUT2D eigenvalue weighted by atomic mass is 10.0. The molecule has 1 aromatic heterocycles. The van der Waals surface area contributed by atoms with Crippen molar-refractivity contribution in [2.45, 2.75) is 12.5 Å². The molecule has 168 valence electrons. The Morgan fingerprint density at radius 1 is 1.15 bits per heavy atom. The molecule has 4 aromatic rings. The van der Waals surface area contributed by atoms with Crippen LogP contribution in [0.2, 0.25) is 10.0 Å². The Bertz CT molecular complexity index is 1370. The summed E-state index contributed by atoms with van der Waals surface area (Å²) in [6.45, 7) is 0.322. The van der Waals surface area contributed by atoms with Gasteiger partial charge in [0.25, 0.3) is 5.91 Å². The van der Waals surface area contributed by atoms with Crippen LogP contribution >= 0.6 is 23.2 Å². The quantitative estimate of drug-likeness (QED) is 0.401. The van der Waals surface area contributed by atoms with E-state index in [-0.39, 0.29) is 11.6 Å². The van der Waals surface area contributed by atoms with Gasteiger partial charge in [-0.1, -0.05) is 47.5 Å².